The maximum absolute atomic E-state index is 3.66. The molecule has 0 spiro atoms. The second-order valence-electron chi connectivity index (χ2n) is 6.30. The van der Waals surface area contributed by atoms with Gasteiger partial charge < -0.3 is 5.32 Å². The molecule has 3 atom stereocenters. The van der Waals surface area contributed by atoms with Crippen LogP contribution < -0.4 is 5.32 Å². The van der Waals surface area contributed by atoms with E-state index in [0.717, 1.165) is 24.4 Å². The minimum absolute atomic E-state index is 0.681. The van der Waals surface area contributed by atoms with Gasteiger partial charge in [-0.1, -0.05) is 33.6 Å². The van der Waals surface area contributed by atoms with Gasteiger partial charge in [0.2, 0.25) is 0 Å². The van der Waals surface area contributed by atoms with Crippen molar-refractivity contribution in [2.45, 2.75) is 65.0 Å². The van der Waals surface area contributed by atoms with Gasteiger partial charge in [0, 0.05) is 18.6 Å². The number of hydrogen-bond donors (Lipinski definition) is 1. The lowest BCUT2D eigenvalue weighted by atomic mass is 9.85. The van der Waals surface area contributed by atoms with Crippen LogP contribution in [-0.2, 0) is 0 Å². The minimum atomic E-state index is 0.681. The van der Waals surface area contributed by atoms with Gasteiger partial charge in [-0.05, 0) is 44.2 Å². The molecule has 0 aromatic carbocycles. The summed E-state index contributed by atoms with van der Waals surface area (Å²) in [7, 11) is 0. The zero-order valence-electron chi connectivity index (χ0n) is 11.9. The molecule has 1 aliphatic carbocycles. The maximum atomic E-state index is 3.66. The number of nitrogens with one attached hydrogen (secondary N) is 1. The number of rotatable bonds is 5. The van der Waals surface area contributed by atoms with Crippen LogP contribution in [0.25, 0.3) is 0 Å². The van der Waals surface area contributed by atoms with Gasteiger partial charge in [0.1, 0.15) is 0 Å². The molecule has 0 aromatic rings. The molecule has 3 unspecified atom stereocenters. The standard InChI is InChI=1S/C15H30N2/c1-4-16-14(12(2)3)11-17-10-9-13-7-5-6-8-15(13)17/h12-16H,4-11H2,1-3H3. The van der Waals surface area contributed by atoms with Gasteiger partial charge in [0.25, 0.3) is 0 Å². The highest BCUT2D eigenvalue weighted by Crippen LogP contribution is 2.36. The van der Waals surface area contributed by atoms with E-state index in [-0.39, 0.29) is 0 Å². The second kappa shape index (κ2) is 6.19. The first-order chi connectivity index (χ1) is 8.22. The van der Waals surface area contributed by atoms with E-state index < -0.39 is 0 Å². The van der Waals surface area contributed by atoms with Gasteiger partial charge in [0.05, 0.1) is 0 Å². The molecule has 1 N–H and O–H groups in total. The average molecular weight is 238 g/mol. The fraction of sp³-hybridized carbons (Fsp3) is 1.00. The molecule has 1 heterocycles. The third kappa shape index (κ3) is 3.23. The van der Waals surface area contributed by atoms with Crippen LogP contribution in [0.2, 0.25) is 0 Å². The maximum Gasteiger partial charge on any atom is 0.0217 e. The summed E-state index contributed by atoms with van der Waals surface area (Å²) in [6, 6.07) is 1.60. The van der Waals surface area contributed by atoms with E-state index in [1.807, 2.05) is 0 Å². The molecule has 100 valence electrons. The Morgan fingerprint density at radius 1 is 1.18 bits per heavy atom. The zero-order valence-corrected chi connectivity index (χ0v) is 11.9. The predicted octanol–water partition coefficient (Wildman–Crippen LogP) is 2.89. The molecule has 2 aliphatic rings. The van der Waals surface area contributed by atoms with Gasteiger partial charge in [-0.15, -0.1) is 0 Å². The number of likely N-dealkylation sites (N-methyl/N-ethyl adjacent to an activating group) is 1. The van der Waals surface area contributed by atoms with Gasteiger partial charge in [-0.25, -0.2) is 0 Å². The molecular weight excluding hydrogens is 208 g/mol. The molecule has 2 heteroatoms. The Labute approximate surface area is 107 Å². The first kappa shape index (κ1) is 13.4. The third-order valence-electron chi connectivity index (χ3n) is 4.83. The Morgan fingerprint density at radius 3 is 2.65 bits per heavy atom. The van der Waals surface area contributed by atoms with Crippen molar-refractivity contribution < 1.29 is 0 Å². The lowest BCUT2D eigenvalue weighted by Gasteiger charge is -2.35. The van der Waals surface area contributed by atoms with Crippen molar-refractivity contribution >= 4 is 0 Å². The fourth-order valence-corrected chi connectivity index (χ4v) is 3.76. The number of fused-ring (bicyclic) bond motifs is 1. The Kier molecular flexibility index (Phi) is 4.87. The van der Waals surface area contributed by atoms with Crippen LogP contribution in [0.15, 0.2) is 0 Å². The van der Waals surface area contributed by atoms with Gasteiger partial charge in [-0.3, -0.25) is 4.90 Å². The topological polar surface area (TPSA) is 15.3 Å². The summed E-state index contributed by atoms with van der Waals surface area (Å²) >= 11 is 0. The molecule has 1 saturated carbocycles. The third-order valence-corrected chi connectivity index (χ3v) is 4.83. The average Bonchev–Trinajstić information content (AvgIpc) is 2.72. The van der Waals surface area contributed by atoms with E-state index in [1.54, 1.807) is 0 Å². The van der Waals surface area contributed by atoms with E-state index in [4.69, 9.17) is 0 Å². The molecular formula is C15H30N2. The van der Waals surface area contributed by atoms with E-state index in [0.29, 0.717) is 6.04 Å². The van der Waals surface area contributed by atoms with Crippen molar-refractivity contribution in [2.75, 3.05) is 19.6 Å². The first-order valence-corrected chi connectivity index (χ1v) is 7.69. The highest BCUT2D eigenvalue weighted by Gasteiger charge is 2.36. The van der Waals surface area contributed by atoms with E-state index in [1.165, 1.54) is 45.2 Å². The largest absolute Gasteiger partial charge is 0.313 e. The highest BCUT2D eigenvalue weighted by molar-refractivity contribution is 4.91. The molecule has 0 bridgehead atoms. The van der Waals surface area contributed by atoms with E-state index in [2.05, 4.69) is 31.0 Å². The Balaban J connectivity index is 1.89. The van der Waals surface area contributed by atoms with Crippen LogP contribution >= 0.6 is 0 Å². The van der Waals surface area contributed by atoms with Crippen molar-refractivity contribution in [2.24, 2.45) is 11.8 Å². The highest BCUT2D eigenvalue weighted by atomic mass is 15.2. The molecule has 1 saturated heterocycles. The summed E-state index contributed by atoms with van der Waals surface area (Å²) in [5.74, 6) is 1.77. The van der Waals surface area contributed by atoms with Crippen LogP contribution in [0, 0.1) is 11.8 Å². The van der Waals surface area contributed by atoms with Gasteiger partial charge >= 0.3 is 0 Å². The Hall–Kier alpha value is -0.0800. The smallest absolute Gasteiger partial charge is 0.0217 e. The van der Waals surface area contributed by atoms with Crippen molar-refractivity contribution in [1.82, 2.24) is 10.2 Å². The first-order valence-electron chi connectivity index (χ1n) is 7.69. The van der Waals surface area contributed by atoms with Crippen LogP contribution in [0.5, 0.6) is 0 Å². The number of hydrogen-bond acceptors (Lipinski definition) is 2. The monoisotopic (exact) mass is 238 g/mol. The molecule has 17 heavy (non-hydrogen) atoms. The molecule has 2 rings (SSSR count). The van der Waals surface area contributed by atoms with E-state index >= 15 is 0 Å². The summed E-state index contributed by atoms with van der Waals surface area (Å²) in [6.45, 7) is 10.6. The van der Waals surface area contributed by atoms with Crippen molar-refractivity contribution in [3.8, 4) is 0 Å². The lowest BCUT2D eigenvalue weighted by Crippen LogP contribution is -2.47. The van der Waals surface area contributed by atoms with Gasteiger partial charge in [-0.2, -0.15) is 0 Å². The second-order valence-corrected chi connectivity index (χ2v) is 6.30. The number of nitrogens with zero attached hydrogens (tertiary/aromatic N) is 1. The summed E-state index contributed by atoms with van der Waals surface area (Å²) in [5.41, 5.74) is 0. The molecule has 0 amide bonds. The van der Waals surface area contributed by atoms with Crippen LogP contribution in [-0.4, -0.2) is 36.6 Å². The minimum Gasteiger partial charge on any atom is -0.313 e. The van der Waals surface area contributed by atoms with Crippen LogP contribution in [0.3, 0.4) is 0 Å². The summed E-state index contributed by atoms with van der Waals surface area (Å²) in [4.78, 5) is 2.79. The quantitative estimate of drug-likeness (QED) is 0.792. The number of likely N-dealkylation sites (tertiary alicyclic amines) is 1. The van der Waals surface area contributed by atoms with Gasteiger partial charge in [0.15, 0.2) is 0 Å². The normalized spacial score (nSPS) is 31.8. The molecule has 2 fully saturated rings. The summed E-state index contributed by atoms with van der Waals surface area (Å²) in [6.07, 6.45) is 7.36. The van der Waals surface area contributed by atoms with Crippen molar-refractivity contribution in [3.05, 3.63) is 0 Å². The Morgan fingerprint density at radius 2 is 1.94 bits per heavy atom. The molecule has 1 aliphatic heterocycles. The molecule has 2 nitrogen and oxygen atoms in total. The van der Waals surface area contributed by atoms with Crippen molar-refractivity contribution in [3.63, 3.8) is 0 Å². The summed E-state index contributed by atoms with van der Waals surface area (Å²) in [5, 5.41) is 3.66. The molecule has 0 radical (unpaired) electrons. The van der Waals surface area contributed by atoms with E-state index in [9.17, 15) is 0 Å². The van der Waals surface area contributed by atoms with Crippen molar-refractivity contribution in [1.29, 1.82) is 0 Å². The van der Waals surface area contributed by atoms with Crippen LogP contribution in [0.1, 0.15) is 52.9 Å². The zero-order chi connectivity index (χ0) is 12.3. The predicted molar refractivity (Wildman–Crippen MR) is 74.2 cm³/mol. The van der Waals surface area contributed by atoms with Crippen LogP contribution in [0.4, 0.5) is 0 Å². The fourth-order valence-electron chi connectivity index (χ4n) is 3.76. The molecule has 0 aromatic heterocycles. The Bertz CT molecular complexity index is 227. The lowest BCUT2D eigenvalue weighted by molar-refractivity contribution is 0.156. The summed E-state index contributed by atoms with van der Waals surface area (Å²) < 4.78 is 0. The SMILES string of the molecule is CCNC(CN1CCC2CCCCC21)C(C)C.